The standard InChI is InChI=1S/C3H6N4/c4-7-2-1-5-6-3-7/h1-2H,3-4H2. The third-order valence-electron chi connectivity index (χ3n) is 0.633. The van der Waals surface area contributed by atoms with E-state index >= 15 is 0 Å². The van der Waals surface area contributed by atoms with Crippen LogP contribution in [0.4, 0.5) is 0 Å². The molecule has 0 saturated carbocycles. The fourth-order valence-corrected chi connectivity index (χ4v) is 0.319. The molecule has 0 bridgehead atoms. The molecule has 0 fully saturated rings. The average Bonchev–Trinajstić information content (AvgIpc) is 1.69. The predicted molar refractivity (Wildman–Crippen MR) is 24.9 cm³/mol. The van der Waals surface area contributed by atoms with Crippen LogP contribution in [0.15, 0.2) is 22.6 Å². The van der Waals surface area contributed by atoms with E-state index in [2.05, 4.69) is 10.2 Å². The van der Waals surface area contributed by atoms with E-state index in [1.54, 1.807) is 12.4 Å². The molecule has 0 aromatic carbocycles. The van der Waals surface area contributed by atoms with Crippen molar-refractivity contribution in [2.45, 2.75) is 0 Å². The zero-order valence-electron chi connectivity index (χ0n) is 3.78. The lowest BCUT2D eigenvalue weighted by Crippen LogP contribution is -2.25. The summed E-state index contributed by atoms with van der Waals surface area (Å²) in [6.45, 7) is 0.469. The SMILES string of the molecule is NN1C=CN=NC1. The Morgan fingerprint density at radius 3 is 2.86 bits per heavy atom. The molecule has 0 atom stereocenters. The first kappa shape index (κ1) is 4.26. The zero-order chi connectivity index (χ0) is 5.11. The van der Waals surface area contributed by atoms with E-state index in [9.17, 15) is 0 Å². The topological polar surface area (TPSA) is 54.0 Å². The fourth-order valence-electron chi connectivity index (χ4n) is 0.319. The Hall–Kier alpha value is -0.900. The molecular weight excluding hydrogens is 92.1 g/mol. The molecule has 0 spiro atoms. The summed E-state index contributed by atoms with van der Waals surface area (Å²) in [5.41, 5.74) is 0. The van der Waals surface area contributed by atoms with Crippen molar-refractivity contribution in [3.63, 3.8) is 0 Å². The molecule has 1 aliphatic rings. The first-order valence-electron chi connectivity index (χ1n) is 1.94. The molecule has 1 aliphatic heterocycles. The number of rotatable bonds is 0. The van der Waals surface area contributed by atoms with Gasteiger partial charge in [0.1, 0.15) is 6.67 Å². The van der Waals surface area contributed by atoms with E-state index in [1.165, 1.54) is 5.01 Å². The first-order chi connectivity index (χ1) is 3.39. The lowest BCUT2D eigenvalue weighted by Gasteiger charge is -2.09. The van der Waals surface area contributed by atoms with Crippen LogP contribution in [0.1, 0.15) is 0 Å². The van der Waals surface area contributed by atoms with E-state index in [0.29, 0.717) is 6.67 Å². The quantitative estimate of drug-likeness (QED) is 0.435. The molecule has 2 N–H and O–H groups in total. The average molecular weight is 98.1 g/mol. The van der Waals surface area contributed by atoms with E-state index in [4.69, 9.17) is 5.84 Å². The molecule has 1 heterocycles. The highest BCUT2D eigenvalue weighted by Gasteiger charge is 1.88. The van der Waals surface area contributed by atoms with Gasteiger partial charge in [0.2, 0.25) is 0 Å². The smallest absolute Gasteiger partial charge is 0.145 e. The highest BCUT2D eigenvalue weighted by atomic mass is 15.5. The molecule has 0 saturated heterocycles. The molecule has 0 unspecified atom stereocenters. The van der Waals surface area contributed by atoms with Crippen molar-refractivity contribution in [1.29, 1.82) is 0 Å². The maximum Gasteiger partial charge on any atom is 0.145 e. The summed E-state index contributed by atoms with van der Waals surface area (Å²) >= 11 is 0. The number of nitrogens with two attached hydrogens (primary N) is 1. The minimum Gasteiger partial charge on any atom is -0.293 e. The summed E-state index contributed by atoms with van der Waals surface area (Å²) in [6, 6.07) is 0. The van der Waals surface area contributed by atoms with Crippen molar-refractivity contribution in [3.8, 4) is 0 Å². The van der Waals surface area contributed by atoms with Gasteiger partial charge < -0.3 is 0 Å². The van der Waals surface area contributed by atoms with Gasteiger partial charge in [0.25, 0.3) is 0 Å². The van der Waals surface area contributed by atoms with E-state index in [1.807, 2.05) is 0 Å². The van der Waals surface area contributed by atoms with Crippen LogP contribution >= 0.6 is 0 Å². The van der Waals surface area contributed by atoms with Gasteiger partial charge in [-0.2, -0.15) is 10.2 Å². The molecule has 0 aliphatic carbocycles. The van der Waals surface area contributed by atoms with Crippen LogP contribution in [0.25, 0.3) is 0 Å². The Bertz CT molecular complexity index is 106. The molecule has 4 heteroatoms. The van der Waals surface area contributed by atoms with Gasteiger partial charge in [0.15, 0.2) is 0 Å². The molecule has 1 rings (SSSR count). The van der Waals surface area contributed by atoms with Gasteiger partial charge in [-0.05, 0) is 0 Å². The summed E-state index contributed by atoms with van der Waals surface area (Å²) in [7, 11) is 0. The number of azo groups is 1. The highest BCUT2D eigenvalue weighted by Crippen LogP contribution is 1.89. The number of nitrogens with zero attached hydrogens (tertiary/aromatic N) is 3. The third kappa shape index (κ3) is 0.972. The van der Waals surface area contributed by atoms with Crippen LogP contribution in [-0.4, -0.2) is 11.7 Å². The highest BCUT2D eigenvalue weighted by molar-refractivity contribution is 4.78. The van der Waals surface area contributed by atoms with Crippen molar-refractivity contribution >= 4 is 0 Å². The normalized spacial score (nSPS) is 18.1. The van der Waals surface area contributed by atoms with Crippen molar-refractivity contribution in [1.82, 2.24) is 5.01 Å². The largest absolute Gasteiger partial charge is 0.293 e. The van der Waals surface area contributed by atoms with E-state index in [0.717, 1.165) is 0 Å². The second kappa shape index (κ2) is 1.70. The lowest BCUT2D eigenvalue weighted by molar-refractivity contribution is 0.388. The minimum absolute atomic E-state index is 0.469. The van der Waals surface area contributed by atoms with Gasteiger partial charge in [-0.3, -0.25) is 5.01 Å². The van der Waals surface area contributed by atoms with Crippen molar-refractivity contribution < 1.29 is 0 Å². The van der Waals surface area contributed by atoms with Crippen LogP contribution < -0.4 is 5.84 Å². The summed E-state index contributed by atoms with van der Waals surface area (Å²) in [5, 5.41) is 8.60. The van der Waals surface area contributed by atoms with Crippen molar-refractivity contribution in [3.05, 3.63) is 12.4 Å². The second-order valence-corrected chi connectivity index (χ2v) is 1.21. The van der Waals surface area contributed by atoms with Crippen LogP contribution in [0.2, 0.25) is 0 Å². The fraction of sp³-hybridized carbons (Fsp3) is 0.333. The second-order valence-electron chi connectivity index (χ2n) is 1.21. The molecule has 7 heavy (non-hydrogen) atoms. The summed E-state index contributed by atoms with van der Waals surface area (Å²) < 4.78 is 0. The Balaban J connectivity index is 2.49. The first-order valence-corrected chi connectivity index (χ1v) is 1.94. The van der Waals surface area contributed by atoms with E-state index in [-0.39, 0.29) is 0 Å². The Kier molecular flexibility index (Phi) is 1.04. The lowest BCUT2D eigenvalue weighted by atomic mass is 10.8. The van der Waals surface area contributed by atoms with Gasteiger partial charge in [0, 0.05) is 6.20 Å². The van der Waals surface area contributed by atoms with Gasteiger partial charge in [0.05, 0.1) is 6.20 Å². The molecule has 0 amide bonds. The molecule has 4 nitrogen and oxygen atoms in total. The molecule has 0 aromatic rings. The Morgan fingerprint density at radius 2 is 2.57 bits per heavy atom. The van der Waals surface area contributed by atoms with Gasteiger partial charge in [-0.1, -0.05) is 0 Å². The molecule has 38 valence electrons. The van der Waals surface area contributed by atoms with Crippen LogP contribution in [0.5, 0.6) is 0 Å². The summed E-state index contributed by atoms with van der Waals surface area (Å²) in [6.07, 6.45) is 3.20. The Morgan fingerprint density at radius 1 is 1.71 bits per heavy atom. The van der Waals surface area contributed by atoms with E-state index < -0.39 is 0 Å². The minimum atomic E-state index is 0.469. The van der Waals surface area contributed by atoms with Crippen LogP contribution in [0.3, 0.4) is 0 Å². The van der Waals surface area contributed by atoms with Crippen LogP contribution in [-0.2, 0) is 0 Å². The monoisotopic (exact) mass is 98.1 g/mol. The van der Waals surface area contributed by atoms with Gasteiger partial charge in [-0.15, -0.1) is 0 Å². The Labute approximate surface area is 41.3 Å². The molecular formula is C3H6N4. The number of hydrogen-bond acceptors (Lipinski definition) is 4. The maximum atomic E-state index is 5.23. The molecule has 0 radical (unpaired) electrons. The summed E-state index contributed by atoms with van der Waals surface area (Å²) in [5.74, 6) is 5.23. The van der Waals surface area contributed by atoms with Gasteiger partial charge in [-0.25, -0.2) is 5.84 Å². The number of hydrogen-bond donors (Lipinski definition) is 1. The zero-order valence-corrected chi connectivity index (χ0v) is 3.78. The van der Waals surface area contributed by atoms with Crippen molar-refractivity contribution in [2.24, 2.45) is 16.1 Å². The maximum absolute atomic E-state index is 5.23. The van der Waals surface area contributed by atoms with Crippen molar-refractivity contribution in [2.75, 3.05) is 6.67 Å². The predicted octanol–water partition coefficient (Wildman–Crippen LogP) is 0.0566. The van der Waals surface area contributed by atoms with Crippen LogP contribution in [0, 0.1) is 0 Å². The number of hydrazine groups is 1. The third-order valence-corrected chi connectivity index (χ3v) is 0.633. The molecule has 0 aromatic heterocycles. The summed E-state index contributed by atoms with van der Waals surface area (Å²) in [4.78, 5) is 0. The van der Waals surface area contributed by atoms with Gasteiger partial charge >= 0.3 is 0 Å².